The van der Waals surface area contributed by atoms with E-state index in [1.165, 1.54) is 13.1 Å². The van der Waals surface area contributed by atoms with Gasteiger partial charge >= 0.3 is 17.1 Å². The van der Waals surface area contributed by atoms with Crippen molar-refractivity contribution in [3.8, 4) is 0 Å². The lowest BCUT2D eigenvalue weighted by atomic mass is 11.8. The lowest BCUT2D eigenvalue weighted by Gasteiger charge is -2.15. The molecule has 0 unspecified atom stereocenters. The van der Waals surface area contributed by atoms with Crippen molar-refractivity contribution in [3.05, 3.63) is 0 Å². The molecule has 0 bridgehead atoms. The van der Waals surface area contributed by atoms with Crippen molar-refractivity contribution in [2.45, 2.75) is 26.2 Å². The summed E-state index contributed by atoms with van der Waals surface area (Å²) in [6.45, 7) is 6.86. The molecule has 0 fully saturated rings. The first-order valence-corrected chi connectivity index (χ1v) is 9.38. The third-order valence-corrected chi connectivity index (χ3v) is 2.95. The van der Waals surface area contributed by atoms with Gasteiger partial charge in [0.25, 0.3) is 0 Å². The topological polar surface area (TPSA) is 58.9 Å². The maximum atomic E-state index is 8.22. The second-order valence-electron chi connectivity index (χ2n) is 3.30. The Hall–Kier alpha value is 0.274. The van der Waals surface area contributed by atoms with Gasteiger partial charge in [-0.2, -0.15) is 0 Å². The average Bonchev–Trinajstić information content (AvgIpc) is 1.85. The number of hydrogen-bond acceptors (Lipinski definition) is 4. The third-order valence-electron chi connectivity index (χ3n) is 0.983. The van der Waals surface area contributed by atoms with Crippen LogP contribution in [0.15, 0.2) is 0 Å². The molecule has 0 rings (SSSR count). The molecule has 0 amide bonds. The fourth-order valence-electron chi connectivity index (χ4n) is 0.0833. The fourth-order valence-corrected chi connectivity index (χ4v) is 0.250. The summed E-state index contributed by atoms with van der Waals surface area (Å²) < 4.78 is 10.0. The highest BCUT2D eigenvalue weighted by molar-refractivity contribution is 6.64. The predicted octanol–water partition coefficient (Wildman–Crippen LogP) is 0.654. The lowest BCUT2D eigenvalue weighted by Crippen LogP contribution is -2.31. The molecule has 0 aliphatic rings. The normalized spacial score (nSPS) is 12.0. The summed E-state index contributed by atoms with van der Waals surface area (Å²) in [7, 11) is -0.910. The van der Waals surface area contributed by atoms with Crippen LogP contribution in [0.4, 0.5) is 0 Å². The minimum Gasteiger partial charge on any atom is -0.411 e. The quantitative estimate of drug-likeness (QED) is 0.660. The Morgan fingerprint density at radius 2 is 1.00 bits per heavy atom. The molecule has 0 saturated carbocycles. The Balaban J connectivity index is 0. The van der Waals surface area contributed by atoms with Crippen molar-refractivity contribution < 1.29 is 18.4 Å². The second kappa shape index (κ2) is 5.84. The molecule has 12 heavy (non-hydrogen) atoms. The molecule has 0 atom stereocenters. The first-order valence-electron chi connectivity index (χ1n) is 3.67. The Morgan fingerprint density at radius 3 is 1.00 bits per heavy atom. The van der Waals surface area contributed by atoms with Crippen molar-refractivity contribution >= 4 is 17.1 Å². The zero-order chi connectivity index (χ0) is 10.4. The summed E-state index contributed by atoms with van der Waals surface area (Å²) in [5.41, 5.74) is 0. The van der Waals surface area contributed by atoms with Crippen LogP contribution in [0.5, 0.6) is 0 Å². The molecular weight excluding hydrogens is 192 g/mol. The van der Waals surface area contributed by atoms with Gasteiger partial charge in [-0.3, -0.25) is 0 Å². The standard InChI is InChI=1S/C4H12O2Si.C2H8O2Si/c1-5-7(3,4)6-2;1-5(2,3)4/h1-4H3;3-4H,1-2H3. The van der Waals surface area contributed by atoms with Gasteiger partial charge < -0.3 is 18.4 Å². The number of hydrogen-bond donors (Lipinski definition) is 2. The van der Waals surface area contributed by atoms with E-state index in [0.717, 1.165) is 0 Å². The largest absolute Gasteiger partial charge is 0.411 e. The molecular formula is C6H20O4Si2. The molecule has 0 radical (unpaired) electrons. The highest BCUT2D eigenvalue weighted by atomic mass is 28.4. The van der Waals surface area contributed by atoms with Crippen molar-refractivity contribution in [1.82, 2.24) is 0 Å². The maximum Gasteiger partial charge on any atom is 0.331 e. The third kappa shape index (κ3) is 22.4. The van der Waals surface area contributed by atoms with Crippen molar-refractivity contribution in [3.63, 3.8) is 0 Å². The van der Waals surface area contributed by atoms with Crippen LogP contribution in [-0.2, 0) is 8.85 Å². The smallest absolute Gasteiger partial charge is 0.331 e. The van der Waals surface area contributed by atoms with Crippen molar-refractivity contribution in [1.29, 1.82) is 0 Å². The highest BCUT2D eigenvalue weighted by Gasteiger charge is 2.19. The van der Waals surface area contributed by atoms with Gasteiger partial charge in [0, 0.05) is 14.2 Å². The Bertz CT molecular complexity index is 98.6. The summed E-state index contributed by atoms with van der Waals surface area (Å²) >= 11 is 0. The van der Waals surface area contributed by atoms with E-state index < -0.39 is 17.1 Å². The van der Waals surface area contributed by atoms with Gasteiger partial charge in [-0.1, -0.05) is 0 Å². The van der Waals surface area contributed by atoms with E-state index in [4.69, 9.17) is 18.4 Å². The molecule has 6 heteroatoms. The van der Waals surface area contributed by atoms with E-state index in [0.29, 0.717) is 0 Å². The maximum absolute atomic E-state index is 8.22. The first kappa shape index (κ1) is 14.8. The zero-order valence-corrected chi connectivity index (χ0v) is 10.7. The summed E-state index contributed by atoms with van der Waals surface area (Å²) in [6, 6.07) is 0. The van der Waals surface area contributed by atoms with Crippen LogP contribution in [0.3, 0.4) is 0 Å². The molecule has 0 spiro atoms. The molecule has 0 aliphatic heterocycles. The minimum absolute atomic E-state index is 1.44. The monoisotopic (exact) mass is 212 g/mol. The molecule has 2 N–H and O–H groups in total. The van der Waals surface area contributed by atoms with Crippen molar-refractivity contribution in [2.24, 2.45) is 0 Å². The van der Waals surface area contributed by atoms with E-state index in [1.54, 1.807) is 14.2 Å². The van der Waals surface area contributed by atoms with Crippen LogP contribution >= 0.6 is 0 Å². The molecule has 0 aromatic carbocycles. The predicted molar refractivity (Wildman–Crippen MR) is 53.4 cm³/mol. The van der Waals surface area contributed by atoms with Gasteiger partial charge in [0.15, 0.2) is 0 Å². The number of rotatable bonds is 2. The van der Waals surface area contributed by atoms with Gasteiger partial charge in [0.2, 0.25) is 0 Å². The van der Waals surface area contributed by atoms with Crippen LogP contribution < -0.4 is 0 Å². The van der Waals surface area contributed by atoms with Crippen LogP contribution in [-0.4, -0.2) is 40.9 Å². The molecule has 0 aromatic heterocycles. The fraction of sp³-hybridized carbons (Fsp3) is 1.00. The van der Waals surface area contributed by atoms with Gasteiger partial charge in [-0.15, -0.1) is 0 Å². The first-order chi connectivity index (χ1) is 5.12. The van der Waals surface area contributed by atoms with E-state index in [1.807, 2.05) is 13.1 Å². The van der Waals surface area contributed by atoms with E-state index in [2.05, 4.69) is 0 Å². The summed E-state index contributed by atoms with van der Waals surface area (Å²) in [5.74, 6) is 0. The van der Waals surface area contributed by atoms with Crippen LogP contribution in [0.1, 0.15) is 0 Å². The van der Waals surface area contributed by atoms with Crippen LogP contribution in [0.2, 0.25) is 26.2 Å². The Morgan fingerprint density at radius 1 is 0.833 bits per heavy atom. The molecule has 0 heterocycles. The van der Waals surface area contributed by atoms with Crippen LogP contribution in [0.25, 0.3) is 0 Å². The van der Waals surface area contributed by atoms with Crippen molar-refractivity contribution in [2.75, 3.05) is 14.2 Å². The van der Waals surface area contributed by atoms with Gasteiger partial charge in [0.05, 0.1) is 0 Å². The van der Waals surface area contributed by atoms with E-state index in [-0.39, 0.29) is 0 Å². The Kier molecular flexibility index (Phi) is 7.19. The molecule has 4 nitrogen and oxygen atoms in total. The van der Waals surface area contributed by atoms with Crippen LogP contribution in [0, 0.1) is 0 Å². The SMILES string of the molecule is CO[Si](C)(C)OC.C[Si](C)(O)O. The second-order valence-corrected chi connectivity index (χ2v) is 9.91. The summed E-state index contributed by atoms with van der Waals surface area (Å²) in [6.07, 6.45) is 0. The summed E-state index contributed by atoms with van der Waals surface area (Å²) in [4.78, 5) is 16.4. The minimum atomic E-state index is -2.61. The van der Waals surface area contributed by atoms with Gasteiger partial charge in [-0.25, -0.2) is 0 Å². The summed E-state index contributed by atoms with van der Waals surface area (Å²) in [5, 5.41) is 0. The molecule has 0 aromatic rings. The molecule has 0 aliphatic carbocycles. The van der Waals surface area contributed by atoms with E-state index in [9.17, 15) is 0 Å². The molecule has 76 valence electrons. The van der Waals surface area contributed by atoms with Gasteiger partial charge in [0.1, 0.15) is 0 Å². The molecule has 0 saturated heterocycles. The highest BCUT2D eigenvalue weighted by Crippen LogP contribution is 1.99. The van der Waals surface area contributed by atoms with Gasteiger partial charge in [-0.05, 0) is 26.2 Å². The Labute approximate surface area is 76.6 Å². The van der Waals surface area contributed by atoms with E-state index >= 15 is 0 Å². The lowest BCUT2D eigenvalue weighted by molar-refractivity contribution is 0.258. The average molecular weight is 212 g/mol. The zero-order valence-electron chi connectivity index (χ0n) is 8.71.